The molecule has 1 saturated carbocycles. The molecule has 2 atom stereocenters. The maximum absolute atomic E-state index is 15.0. The molecule has 5 rings (SSSR count). The number of H-pyrrole nitrogens is 1. The first-order valence-electron chi connectivity index (χ1n) is 16.8. The van der Waals surface area contributed by atoms with Crippen molar-refractivity contribution in [1.82, 2.24) is 30.2 Å². The highest BCUT2D eigenvalue weighted by molar-refractivity contribution is 5.91. The number of aryl methyl sites for hydroxylation is 1. The summed E-state index contributed by atoms with van der Waals surface area (Å²) in [5, 5.41) is 6.82. The highest BCUT2D eigenvalue weighted by Crippen LogP contribution is 2.29. The van der Waals surface area contributed by atoms with Crippen LogP contribution in [0.4, 0.5) is 19.4 Å². The van der Waals surface area contributed by atoms with Crippen LogP contribution in [0, 0.1) is 11.6 Å². The van der Waals surface area contributed by atoms with Crippen molar-refractivity contribution in [2.45, 2.75) is 57.5 Å². The first-order valence-corrected chi connectivity index (χ1v) is 16.8. The molecule has 0 unspecified atom stereocenters. The number of fused-ring (bicyclic) bond motifs is 1. The number of benzene rings is 1. The van der Waals surface area contributed by atoms with E-state index in [0.717, 1.165) is 44.5 Å². The monoisotopic (exact) mass is 665 g/mol. The predicted molar refractivity (Wildman–Crippen MR) is 180 cm³/mol. The third-order valence-electron chi connectivity index (χ3n) is 8.35. The summed E-state index contributed by atoms with van der Waals surface area (Å²) in [7, 11) is 0. The molecule has 13 heteroatoms. The zero-order chi connectivity index (χ0) is 33.6. The largest absolute Gasteiger partial charge is 0.379 e. The number of halogens is 2. The number of urea groups is 1. The van der Waals surface area contributed by atoms with E-state index in [2.05, 4.69) is 42.7 Å². The lowest BCUT2D eigenvalue weighted by molar-refractivity contribution is 0.0176. The van der Waals surface area contributed by atoms with Gasteiger partial charge in [-0.05, 0) is 57.1 Å². The third kappa shape index (κ3) is 10.1. The first kappa shape index (κ1) is 35.1. The third-order valence-corrected chi connectivity index (χ3v) is 8.35. The molecule has 258 valence electrons. The van der Waals surface area contributed by atoms with Crippen molar-refractivity contribution in [3.8, 4) is 11.4 Å². The van der Waals surface area contributed by atoms with Crippen LogP contribution >= 0.6 is 0 Å². The lowest BCUT2D eigenvalue weighted by Crippen LogP contribution is -2.50. The fourth-order valence-electron chi connectivity index (χ4n) is 6.00. The van der Waals surface area contributed by atoms with Gasteiger partial charge in [-0.2, -0.15) is 0 Å². The van der Waals surface area contributed by atoms with E-state index in [9.17, 15) is 9.18 Å². The zero-order valence-corrected chi connectivity index (χ0v) is 27.4. The summed E-state index contributed by atoms with van der Waals surface area (Å²) in [6.45, 7) is 5.94. The Morgan fingerprint density at radius 1 is 1.02 bits per heavy atom. The first-order chi connectivity index (χ1) is 23.5. The minimum absolute atomic E-state index is 0.0429. The highest BCUT2D eigenvalue weighted by Gasteiger charge is 2.30. The topological polar surface area (TPSA) is 127 Å². The van der Waals surface area contributed by atoms with E-state index in [1.54, 1.807) is 6.20 Å². The average Bonchev–Trinajstić information content (AvgIpc) is 3.52. The summed E-state index contributed by atoms with van der Waals surface area (Å²) >= 11 is 0. The number of carbonyl (C=O) groups is 1. The molecule has 1 aliphatic carbocycles. The number of nitrogens with zero attached hydrogens (tertiary/aromatic N) is 4. The molecule has 3 aromatic heterocycles. The lowest BCUT2D eigenvalue weighted by atomic mass is 9.89. The van der Waals surface area contributed by atoms with Crippen molar-refractivity contribution in [1.29, 1.82) is 0 Å². The molecular formula is C35H45F2N7O4. The molecular weight excluding hydrogens is 620 g/mol. The number of hydrogen-bond acceptors (Lipinski definition) is 8. The normalized spacial score (nSPS) is 16.2. The minimum atomic E-state index is -0.581. The second-order valence-electron chi connectivity index (χ2n) is 11.7. The number of carbonyl (C=O) groups excluding carboxylic acids is 1. The van der Waals surface area contributed by atoms with Crippen LogP contribution in [-0.2, 0) is 20.6 Å². The predicted octanol–water partition coefficient (Wildman–Crippen LogP) is 5.74. The minimum Gasteiger partial charge on any atom is -0.379 e. The number of aromatic amines is 1. The molecule has 1 aromatic carbocycles. The van der Waals surface area contributed by atoms with Gasteiger partial charge in [-0.3, -0.25) is 0 Å². The standard InChI is InChI=1S/C35H45F2N7O4/c1-2-46-16-17-48-19-18-47-15-13-38-35(45)44(14-7-10-25-8-4-3-5-9-25)28-12-6-11-27(21-28)42-34-31(37)24-41-33(43-34)30-23-40-32-29(30)20-26(36)22-39-32/h3-5,8-9,20,22-24,27-28H,2,6-7,10-19,21H2,1H3,(H,38,45)(H,39,40)(H,41,42,43)/t27-,28+/m0/s1. The van der Waals surface area contributed by atoms with Crippen LogP contribution in [0.25, 0.3) is 22.4 Å². The number of aromatic nitrogens is 4. The summed E-state index contributed by atoms with van der Waals surface area (Å²) in [6, 6.07) is 11.3. The Balaban J connectivity index is 1.19. The van der Waals surface area contributed by atoms with E-state index < -0.39 is 11.6 Å². The molecule has 3 heterocycles. The van der Waals surface area contributed by atoms with Crippen molar-refractivity contribution in [2.24, 2.45) is 0 Å². The second-order valence-corrected chi connectivity index (χ2v) is 11.7. The zero-order valence-electron chi connectivity index (χ0n) is 27.4. The molecule has 0 bridgehead atoms. The van der Waals surface area contributed by atoms with E-state index >= 15 is 4.39 Å². The van der Waals surface area contributed by atoms with E-state index in [1.165, 1.54) is 11.6 Å². The van der Waals surface area contributed by atoms with Crippen molar-refractivity contribution in [3.63, 3.8) is 0 Å². The quantitative estimate of drug-likeness (QED) is 0.115. The molecule has 11 nitrogen and oxygen atoms in total. The molecule has 0 spiro atoms. The Morgan fingerprint density at radius 2 is 1.81 bits per heavy atom. The van der Waals surface area contributed by atoms with E-state index in [4.69, 9.17) is 14.2 Å². The maximum atomic E-state index is 15.0. The summed E-state index contributed by atoms with van der Waals surface area (Å²) in [5.74, 6) is -0.739. The Kier molecular flexibility index (Phi) is 13.4. The summed E-state index contributed by atoms with van der Waals surface area (Å²) in [6.07, 6.45) is 8.70. The van der Waals surface area contributed by atoms with Crippen LogP contribution in [0.3, 0.4) is 0 Å². The van der Waals surface area contributed by atoms with Gasteiger partial charge in [0.15, 0.2) is 17.5 Å². The van der Waals surface area contributed by atoms with Gasteiger partial charge in [0.2, 0.25) is 0 Å². The number of amides is 2. The fraction of sp³-hybridized carbons (Fsp3) is 0.486. The highest BCUT2D eigenvalue weighted by atomic mass is 19.1. The van der Waals surface area contributed by atoms with Crippen molar-refractivity contribution in [3.05, 3.63) is 72.2 Å². The molecule has 0 saturated heterocycles. The van der Waals surface area contributed by atoms with Crippen LogP contribution in [0.2, 0.25) is 0 Å². The lowest BCUT2D eigenvalue weighted by Gasteiger charge is -2.38. The molecule has 1 aliphatic rings. The molecule has 0 aliphatic heterocycles. The van der Waals surface area contributed by atoms with Gasteiger partial charge in [0, 0.05) is 48.9 Å². The Morgan fingerprint density at radius 3 is 2.62 bits per heavy atom. The van der Waals surface area contributed by atoms with Gasteiger partial charge in [-0.1, -0.05) is 30.3 Å². The summed E-state index contributed by atoms with van der Waals surface area (Å²) in [4.78, 5) is 31.1. The fourth-order valence-corrected chi connectivity index (χ4v) is 6.00. The average molecular weight is 666 g/mol. The molecule has 48 heavy (non-hydrogen) atoms. The number of anilines is 1. The van der Waals surface area contributed by atoms with Crippen LogP contribution in [0.5, 0.6) is 0 Å². The Hall–Kier alpha value is -4.20. The van der Waals surface area contributed by atoms with Crippen molar-refractivity contribution >= 4 is 22.9 Å². The van der Waals surface area contributed by atoms with Crippen LogP contribution < -0.4 is 10.6 Å². The number of ether oxygens (including phenoxy) is 3. The van der Waals surface area contributed by atoms with Gasteiger partial charge in [-0.25, -0.2) is 28.5 Å². The van der Waals surface area contributed by atoms with Gasteiger partial charge in [0.1, 0.15) is 11.5 Å². The number of rotatable bonds is 18. The van der Waals surface area contributed by atoms with E-state index in [0.29, 0.717) is 75.7 Å². The van der Waals surface area contributed by atoms with Crippen LogP contribution in [-0.4, -0.2) is 95.7 Å². The maximum Gasteiger partial charge on any atom is 0.317 e. The second kappa shape index (κ2) is 18.4. The molecule has 3 N–H and O–H groups in total. The van der Waals surface area contributed by atoms with Gasteiger partial charge in [-0.15, -0.1) is 0 Å². The van der Waals surface area contributed by atoms with Gasteiger partial charge in [0.05, 0.1) is 45.4 Å². The molecule has 4 aromatic rings. The Labute approximate surface area is 279 Å². The molecule has 2 amide bonds. The number of nitrogens with one attached hydrogen (secondary N) is 3. The Bertz CT molecular complexity index is 1580. The van der Waals surface area contributed by atoms with E-state index in [-0.39, 0.29) is 29.8 Å². The summed E-state index contributed by atoms with van der Waals surface area (Å²) in [5.41, 5.74) is 2.24. The van der Waals surface area contributed by atoms with Gasteiger partial charge >= 0.3 is 6.03 Å². The van der Waals surface area contributed by atoms with Gasteiger partial charge in [0.25, 0.3) is 0 Å². The number of hydrogen-bond donors (Lipinski definition) is 3. The van der Waals surface area contributed by atoms with E-state index in [1.807, 2.05) is 30.0 Å². The van der Waals surface area contributed by atoms with Crippen molar-refractivity contribution < 1.29 is 27.8 Å². The van der Waals surface area contributed by atoms with Crippen LogP contribution in [0.1, 0.15) is 44.6 Å². The smallest absolute Gasteiger partial charge is 0.317 e. The summed E-state index contributed by atoms with van der Waals surface area (Å²) < 4.78 is 45.3. The molecule has 0 radical (unpaired) electrons. The SMILES string of the molecule is CCOCCOCCOCCNC(=O)N(CCCc1ccccc1)[C@@H]1CCC[C@H](Nc2nc(-c3c[nH]c4ncc(F)cc34)ncc2F)C1. The number of pyridine rings is 1. The van der Waals surface area contributed by atoms with Crippen molar-refractivity contribution in [2.75, 3.05) is 58.0 Å². The molecule has 1 fully saturated rings. The van der Waals surface area contributed by atoms with Crippen LogP contribution in [0.15, 0.2) is 55.0 Å². The van der Waals surface area contributed by atoms with Gasteiger partial charge < -0.3 is 34.7 Å².